The number of nitrogens with zero attached hydrogens (tertiary/aromatic N) is 1. The number of urea groups is 1. The monoisotopic (exact) mass is 282 g/mol. The van der Waals surface area contributed by atoms with Crippen LogP contribution in [0.1, 0.15) is 45.4 Å². The molecule has 2 aliphatic rings. The first-order chi connectivity index (χ1) is 9.48. The van der Waals surface area contributed by atoms with Crippen LogP contribution in [-0.2, 0) is 14.3 Å². The third-order valence-corrected chi connectivity index (χ3v) is 4.36. The summed E-state index contributed by atoms with van der Waals surface area (Å²) in [7, 11) is 1.33. The zero-order chi connectivity index (χ0) is 14.8. The molecule has 0 bridgehead atoms. The quantitative estimate of drug-likeness (QED) is 0.625. The fraction of sp³-hybridized carbons (Fsp3) is 0.786. The van der Waals surface area contributed by atoms with Crippen molar-refractivity contribution in [1.82, 2.24) is 10.2 Å². The Labute approximate surface area is 118 Å². The van der Waals surface area contributed by atoms with E-state index in [-0.39, 0.29) is 30.9 Å². The Morgan fingerprint density at radius 1 is 1.40 bits per heavy atom. The first kappa shape index (κ1) is 14.8. The second-order valence-corrected chi connectivity index (χ2v) is 5.83. The average Bonchev–Trinajstić information content (AvgIpc) is 2.66. The van der Waals surface area contributed by atoms with E-state index in [9.17, 15) is 14.4 Å². The van der Waals surface area contributed by atoms with Crippen LogP contribution in [-0.4, -0.2) is 42.0 Å². The highest BCUT2D eigenvalue weighted by molar-refractivity contribution is 6.07. The normalized spacial score (nSPS) is 29.7. The lowest BCUT2D eigenvalue weighted by Crippen LogP contribution is -2.49. The molecule has 6 heteroatoms. The number of ether oxygens (including phenoxy) is 1. The number of imide groups is 1. The number of esters is 1. The predicted octanol–water partition coefficient (Wildman–Crippen LogP) is 1.44. The Kier molecular flexibility index (Phi) is 4.30. The van der Waals surface area contributed by atoms with E-state index in [0.717, 1.165) is 12.8 Å². The lowest BCUT2D eigenvalue weighted by Gasteiger charge is -2.33. The molecule has 1 N–H and O–H groups in total. The van der Waals surface area contributed by atoms with Gasteiger partial charge in [0.15, 0.2) is 0 Å². The number of hydrogen-bond acceptors (Lipinski definition) is 4. The van der Waals surface area contributed by atoms with Gasteiger partial charge in [0.25, 0.3) is 5.91 Å². The fourth-order valence-corrected chi connectivity index (χ4v) is 2.96. The van der Waals surface area contributed by atoms with Crippen molar-refractivity contribution in [2.24, 2.45) is 5.92 Å². The Morgan fingerprint density at radius 3 is 2.65 bits per heavy atom. The summed E-state index contributed by atoms with van der Waals surface area (Å²) >= 11 is 0. The Bertz CT molecular complexity index is 413. The molecule has 0 aromatic carbocycles. The summed E-state index contributed by atoms with van der Waals surface area (Å²) in [5.74, 6) is 0.163. The molecule has 2 fully saturated rings. The van der Waals surface area contributed by atoms with Gasteiger partial charge in [-0.3, -0.25) is 14.5 Å². The van der Waals surface area contributed by atoms with E-state index < -0.39 is 5.54 Å². The number of nitrogens with one attached hydrogen (secondary N) is 1. The first-order valence-corrected chi connectivity index (χ1v) is 7.19. The van der Waals surface area contributed by atoms with E-state index in [0.29, 0.717) is 25.2 Å². The van der Waals surface area contributed by atoms with Crippen LogP contribution < -0.4 is 5.32 Å². The summed E-state index contributed by atoms with van der Waals surface area (Å²) < 4.78 is 4.55. The molecule has 3 amide bonds. The molecule has 1 heterocycles. The zero-order valence-corrected chi connectivity index (χ0v) is 12.1. The number of hydrogen-bond donors (Lipinski definition) is 1. The lowest BCUT2D eigenvalue weighted by atomic mass is 9.77. The molecule has 0 aromatic heterocycles. The van der Waals surface area contributed by atoms with E-state index in [2.05, 4.69) is 17.0 Å². The van der Waals surface area contributed by atoms with Gasteiger partial charge in [0.05, 0.1) is 7.11 Å². The van der Waals surface area contributed by atoms with Gasteiger partial charge in [-0.2, -0.15) is 0 Å². The largest absolute Gasteiger partial charge is 0.469 e. The van der Waals surface area contributed by atoms with Crippen molar-refractivity contribution in [2.75, 3.05) is 13.7 Å². The summed E-state index contributed by atoms with van der Waals surface area (Å²) in [5, 5.41) is 2.86. The SMILES string of the molecule is COC(=O)CCCN1C(=O)NC2(CCC(C)CC2)C1=O. The molecule has 1 aliphatic heterocycles. The molecular weight excluding hydrogens is 260 g/mol. The first-order valence-electron chi connectivity index (χ1n) is 7.19. The number of amides is 3. The third kappa shape index (κ3) is 2.78. The topological polar surface area (TPSA) is 75.7 Å². The Hall–Kier alpha value is -1.59. The van der Waals surface area contributed by atoms with Crippen molar-refractivity contribution in [3.63, 3.8) is 0 Å². The predicted molar refractivity (Wildman–Crippen MR) is 71.9 cm³/mol. The van der Waals surface area contributed by atoms with Gasteiger partial charge < -0.3 is 10.1 Å². The molecule has 0 aromatic rings. The standard InChI is InChI=1S/C14H22N2O4/c1-10-5-7-14(8-6-10)12(18)16(13(19)15-14)9-3-4-11(17)20-2/h10H,3-9H2,1-2H3,(H,15,19). The van der Waals surface area contributed by atoms with Gasteiger partial charge in [0.2, 0.25) is 0 Å². The Balaban J connectivity index is 1.93. The zero-order valence-electron chi connectivity index (χ0n) is 12.1. The van der Waals surface area contributed by atoms with E-state index in [4.69, 9.17) is 0 Å². The summed E-state index contributed by atoms with van der Waals surface area (Å²) in [5.41, 5.74) is -0.686. The van der Waals surface area contributed by atoms with Gasteiger partial charge in [-0.05, 0) is 38.0 Å². The van der Waals surface area contributed by atoms with Crippen molar-refractivity contribution in [3.8, 4) is 0 Å². The van der Waals surface area contributed by atoms with Crippen LogP contribution in [0.2, 0.25) is 0 Å². The maximum absolute atomic E-state index is 12.5. The van der Waals surface area contributed by atoms with E-state index >= 15 is 0 Å². The highest BCUT2D eigenvalue weighted by Gasteiger charge is 2.51. The lowest BCUT2D eigenvalue weighted by molar-refractivity contribution is -0.141. The van der Waals surface area contributed by atoms with Crippen molar-refractivity contribution in [1.29, 1.82) is 0 Å². The van der Waals surface area contributed by atoms with Crippen LogP contribution in [0.15, 0.2) is 0 Å². The van der Waals surface area contributed by atoms with Crippen molar-refractivity contribution >= 4 is 17.9 Å². The fourth-order valence-electron chi connectivity index (χ4n) is 2.96. The average molecular weight is 282 g/mol. The van der Waals surface area contributed by atoms with Crippen LogP contribution in [0.25, 0.3) is 0 Å². The molecule has 0 unspecified atom stereocenters. The molecule has 20 heavy (non-hydrogen) atoms. The Morgan fingerprint density at radius 2 is 2.05 bits per heavy atom. The second-order valence-electron chi connectivity index (χ2n) is 5.83. The molecule has 112 valence electrons. The van der Waals surface area contributed by atoms with Crippen LogP contribution in [0, 0.1) is 5.92 Å². The highest BCUT2D eigenvalue weighted by atomic mass is 16.5. The number of carbonyl (C=O) groups is 3. The van der Waals surface area contributed by atoms with Crippen molar-refractivity contribution in [3.05, 3.63) is 0 Å². The molecule has 1 spiro atoms. The molecule has 0 radical (unpaired) electrons. The summed E-state index contributed by atoms with van der Waals surface area (Å²) in [6.45, 7) is 2.44. The van der Waals surface area contributed by atoms with Crippen LogP contribution in [0.3, 0.4) is 0 Å². The van der Waals surface area contributed by atoms with Gasteiger partial charge in [-0.15, -0.1) is 0 Å². The number of rotatable bonds is 4. The highest BCUT2D eigenvalue weighted by Crippen LogP contribution is 2.36. The van der Waals surface area contributed by atoms with Crippen LogP contribution in [0.5, 0.6) is 0 Å². The van der Waals surface area contributed by atoms with Gasteiger partial charge in [0.1, 0.15) is 5.54 Å². The van der Waals surface area contributed by atoms with Gasteiger partial charge >= 0.3 is 12.0 Å². The third-order valence-electron chi connectivity index (χ3n) is 4.36. The summed E-state index contributed by atoms with van der Waals surface area (Å²) in [6.07, 6.45) is 4.01. The molecule has 2 rings (SSSR count). The number of carbonyl (C=O) groups excluding carboxylic acids is 3. The summed E-state index contributed by atoms with van der Waals surface area (Å²) in [4.78, 5) is 36.7. The van der Waals surface area contributed by atoms with Gasteiger partial charge in [0, 0.05) is 13.0 Å². The maximum atomic E-state index is 12.5. The van der Waals surface area contributed by atoms with Crippen LogP contribution >= 0.6 is 0 Å². The van der Waals surface area contributed by atoms with Gasteiger partial charge in [-0.25, -0.2) is 4.79 Å². The van der Waals surface area contributed by atoms with Crippen LogP contribution in [0.4, 0.5) is 4.79 Å². The second kappa shape index (κ2) is 5.81. The van der Waals surface area contributed by atoms with Gasteiger partial charge in [-0.1, -0.05) is 6.92 Å². The molecule has 1 saturated heterocycles. The molecule has 1 saturated carbocycles. The molecule has 6 nitrogen and oxygen atoms in total. The summed E-state index contributed by atoms with van der Waals surface area (Å²) in [6, 6.07) is -0.325. The van der Waals surface area contributed by atoms with E-state index in [1.54, 1.807) is 0 Å². The molecule has 1 aliphatic carbocycles. The van der Waals surface area contributed by atoms with Crippen molar-refractivity contribution < 1.29 is 19.1 Å². The smallest absolute Gasteiger partial charge is 0.325 e. The minimum absolute atomic E-state index is 0.126. The van der Waals surface area contributed by atoms with E-state index in [1.165, 1.54) is 12.0 Å². The maximum Gasteiger partial charge on any atom is 0.325 e. The van der Waals surface area contributed by atoms with Crippen molar-refractivity contribution in [2.45, 2.75) is 51.0 Å². The minimum atomic E-state index is -0.686. The number of methoxy groups -OCH3 is 1. The molecule has 0 atom stereocenters. The minimum Gasteiger partial charge on any atom is -0.469 e. The van der Waals surface area contributed by atoms with E-state index in [1.807, 2.05) is 0 Å². The molecular formula is C14H22N2O4.